The molecule has 0 aliphatic rings. The lowest BCUT2D eigenvalue weighted by atomic mass is 10.1. The predicted molar refractivity (Wildman–Crippen MR) is 138 cm³/mol. The zero-order valence-electron chi connectivity index (χ0n) is 20.0. The van der Waals surface area contributed by atoms with Gasteiger partial charge in [-0.1, -0.05) is 30.3 Å². The number of alkyl halides is 3. The zero-order valence-corrected chi connectivity index (χ0v) is 20.0. The van der Waals surface area contributed by atoms with Crippen molar-refractivity contribution >= 4 is 22.9 Å². The minimum Gasteiger partial charge on any atom is -0.378 e. The molecule has 0 atom stereocenters. The topological polar surface area (TPSA) is 62.5 Å². The number of nitrogens with zero attached hydrogens (tertiary/aromatic N) is 4. The Morgan fingerprint density at radius 2 is 1.68 bits per heavy atom. The van der Waals surface area contributed by atoms with Gasteiger partial charge < -0.3 is 10.2 Å². The van der Waals surface area contributed by atoms with E-state index in [2.05, 4.69) is 15.4 Å². The lowest BCUT2D eigenvalue weighted by molar-refractivity contribution is -0.137. The van der Waals surface area contributed by atoms with Gasteiger partial charge in [0.1, 0.15) is 0 Å². The van der Waals surface area contributed by atoms with Gasteiger partial charge in [-0.05, 0) is 54.1 Å². The molecular formula is C28H22F3N5O. The van der Waals surface area contributed by atoms with Gasteiger partial charge in [0, 0.05) is 48.4 Å². The van der Waals surface area contributed by atoms with Gasteiger partial charge in [0.05, 0.1) is 17.5 Å². The highest BCUT2D eigenvalue weighted by molar-refractivity contribution is 6.04. The minimum absolute atomic E-state index is 0.0801. The van der Waals surface area contributed by atoms with Crippen LogP contribution in [-0.4, -0.2) is 34.6 Å². The first-order valence-electron chi connectivity index (χ1n) is 11.4. The monoisotopic (exact) mass is 501 g/mol. The van der Waals surface area contributed by atoms with E-state index in [0.29, 0.717) is 11.3 Å². The van der Waals surface area contributed by atoms with E-state index < -0.39 is 17.6 Å². The first kappa shape index (κ1) is 24.1. The van der Waals surface area contributed by atoms with Gasteiger partial charge in [0.2, 0.25) is 0 Å². The van der Waals surface area contributed by atoms with Crippen LogP contribution in [0.2, 0.25) is 0 Å². The molecule has 0 bridgehead atoms. The summed E-state index contributed by atoms with van der Waals surface area (Å²) in [6, 6.07) is 21.3. The van der Waals surface area contributed by atoms with Crippen molar-refractivity contribution in [2.24, 2.45) is 0 Å². The maximum absolute atomic E-state index is 13.0. The molecule has 0 aliphatic heterocycles. The molecule has 1 N–H and O–H groups in total. The number of amides is 1. The van der Waals surface area contributed by atoms with Crippen LogP contribution in [0.15, 0.2) is 91.3 Å². The fourth-order valence-electron chi connectivity index (χ4n) is 4.05. The third kappa shape index (κ3) is 4.88. The highest BCUT2D eigenvalue weighted by Crippen LogP contribution is 2.31. The van der Waals surface area contributed by atoms with Crippen LogP contribution in [0.1, 0.15) is 15.9 Å². The van der Waals surface area contributed by atoms with Crippen molar-refractivity contribution in [3.8, 4) is 22.4 Å². The lowest BCUT2D eigenvalue weighted by Gasteiger charge is -2.12. The van der Waals surface area contributed by atoms with Crippen molar-refractivity contribution < 1.29 is 18.0 Å². The summed E-state index contributed by atoms with van der Waals surface area (Å²) in [5.74, 6) is -0.634. The molecule has 0 saturated heterocycles. The number of carbonyl (C=O) groups excluding carboxylic acids is 1. The summed E-state index contributed by atoms with van der Waals surface area (Å²) in [5.41, 5.74) is 4.60. The highest BCUT2D eigenvalue weighted by Gasteiger charge is 2.30. The van der Waals surface area contributed by atoms with Crippen molar-refractivity contribution in [1.29, 1.82) is 0 Å². The Morgan fingerprint density at radius 3 is 2.41 bits per heavy atom. The summed E-state index contributed by atoms with van der Waals surface area (Å²) in [4.78, 5) is 19.2. The van der Waals surface area contributed by atoms with Gasteiger partial charge >= 0.3 is 6.18 Å². The van der Waals surface area contributed by atoms with Crippen LogP contribution in [0, 0.1) is 0 Å². The molecular weight excluding hydrogens is 479 g/mol. The molecule has 2 heterocycles. The molecule has 5 aromatic rings. The van der Waals surface area contributed by atoms with E-state index in [1.807, 2.05) is 55.4 Å². The fraction of sp³-hybridized carbons (Fsp3) is 0.107. The fourth-order valence-corrected chi connectivity index (χ4v) is 4.05. The van der Waals surface area contributed by atoms with E-state index >= 15 is 0 Å². The molecule has 6 nitrogen and oxygen atoms in total. The summed E-state index contributed by atoms with van der Waals surface area (Å²) in [7, 11) is 3.96. The number of nitrogens with one attached hydrogen (secondary N) is 1. The smallest absolute Gasteiger partial charge is 0.378 e. The molecule has 3 aromatic carbocycles. The summed E-state index contributed by atoms with van der Waals surface area (Å²) in [5, 5.41) is 7.23. The first-order chi connectivity index (χ1) is 17.7. The van der Waals surface area contributed by atoms with Gasteiger partial charge in [0.15, 0.2) is 5.65 Å². The predicted octanol–water partition coefficient (Wildman–Crippen LogP) is 6.40. The molecule has 0 unspecified atom stereocenters. The van der Waals surface area contributed by atoms with Gasteiger partial charge in [-0.15, -0.1) is 0 Å². The largest absolute Gasteiger partial charge is 0.416 e. The third-order valence-electron chi connectivity index (χ3n) is 5.96. The molecule has 2 aromatic heterocycles. The molecule has 0 spiro atoms. The Balaban J connectivity index is 1.44. The Kier molecular flexibility index (Phi) is 6.12. The number of aromatic nitrogens is 3. The van der Waals surface area contributed by atoms with Crippen molar-refractivity contribution in [1.82, 2.24) is 14.6 Å². The van der Waals surface area contributed by atoms with Gasteiger partial charge in [-0.2, -0.15) is 18.3 Å². The van der Waals surface area contributed by atoms with Gasteiger partial charge in [0.25, 0.3) is 5.91 Å². The number of hydrogen-bond donors (Lipinski definition) is 1. The Morgan fingerprint density at radius 1 is 0.919 bits per heavy atom. The SMILES string of the molecule is CN(C)c1ccc(-c2cnn3c(-c4cccc(NC(=O)c5cccc(C(F)(F)F)c5)c4)ccnc23)cc1. The second-order valence-corrected chi connectivity index (χ2v) is 8.68. The standard InChI is InChI=1S/C28H22F3N5O/c1-35(2)23-11-9-18(10-12-23)24-17-33-36-25(13-14-32-26(24)36)19-5-4-8-22(16-19)34-27(37)20-6-3-7-21(15-20)28(29,30)31/h3-17H,1-2H3,(H,34,37). The van der Waals surface area contributed by atoms with E-state index in [9.17, 15) is 18.0 Å². The molecule has 186 valence electrons. The Labute approximate surface area is 211 Å². The van der Waals surface area contributed by atoms with Crippen LogP contribution >= 0.6 is 0 Å². The Hall–Kier alpha value is -4.66. The van der Waals surface area contributed by atoms with E-state index in [1.54, 1.807) is 35.1 Å². The Bertz CT molecular complexity index is 1590. The van der Waals surface area contributed by atoms with Gasteiger partial charge in [-0.25, -0.2) is 9.50 Å². The van der Waals surface area contributed by atoms with E-state index in [1.165, 1.54) is 12.1 Å². The number of carbonyl (C=O) groups is 1. The molecule has 0 radical (unpaired) electrons. The maximum atomic E-state index is 13.0. The number of rotatable bonds is 5. The summed E-state index contributed by atoms with van der Waals surface area (Å²) in [6.07, 6.45) is -1.08. The normalized spacial score (nSPS) is 11.5. The van der Waals surface area contributed by atoms with Crippen LogP contribution < -0.4 is 10.2 Å². The van der Waals surface area contributed by atoms with Crippen LogP contribution in [-0.2, 0) is 6.18 Å². The minimum atomic E-state index is -4.53. The maximum Gasteiger partial charge on any atom is 0.416 e. The van der Waals surface area contributed by atoms with Crippen molar-refractivity contribution in [2.75, 3.05) is 24.3 Å². The number of hydrogen-bond acceptors (Lipinski definition) is 4. The molecule has 37 heavy (non-hydrogen) atoms. The molecule has 0 aliphatic carbocycles. The molecule has 1 amide bonds. The summed E-state index contributed by atoms with van der Waals surface area (Å²) >= 11 is 0. The van der Waals surface area contributed by atoms with E-state index in [4.69, 9.17) is 0 Å². The molecule has 9 heteroatoms. The molecule has 5 rings (SSSR count). The average molecular weight is 502 g/mol. The zero-order chi connectivity index (χ0) is 26.2. The quantitative estimate of drug-likeness (QED) is 0.303. The molecule has 0 saturated carbocycles. The van der Waals surface area contributed by atoms with E-state index in [0.717, 1.165) is 40.2 Å². The van der Waals surface area contributed by atoms with Crippen molar-refractivity contribution in [3.05, 3.63) is 102 Å². The van der Waals surface area contributed by atoms with Crippen LogP contribution in [0.25, 0.3) is 28.0 Å². The number of benzene rings is 3. The van der Waals surface area contributed by atoms with Crippen LogP contribution in [0.3, 0.4) is 0 Å². The van der Waals surface area contributed by atoms with Crippen molar-refractivity contribution in [3.63, 3.8) is 0 Å². The second-order valence-electron chi connectivity index (χ2n) is 8.68. The third-order valence-corrected chi connectivity index (χ3v) is 5.96. The average Bonchev–Trinajstić information content (AvgIpc) is 3.33. The number of halogens is 3. The first-order valence-corrected chi connectivity index (χ1v) is 11.4. The van der Waals surface area contributed by atoms with Crippen LogP contribution in [0.4, 0.5) is 24.5 Å². The summed E-state index contributed by atoms with van der Waals surface area (Å²) in [6.45, 7) is 0. The van der Waals surface area contributed by atoms with Crippen molar-refractivity contribution in [2.45, 2.75) is 6.18 Å². The summed E-state index contributed by atoms with van der Waals surface area (Å²) < 4.78 is 40.8. The van der Waals surface area contributed by atoms with E-state index in [-0.39, 0.29) is 5.56 Å². The van der Waals surface area contributed by atoms with Crippen LogP contribution in [0.5, 0.6) is 0 Å². The number of fused-ring (bicyclic) bond motifs is 1. The highest BCUT2D eigenvalue weighted by atomic mass is 19.4. The number of anilines is 2. The lowest BCUT2D eigenvalue weighted by Crippen LogP contribution is -2.14. The molecule has 0 fully saturated rings. The second kappa shape index (κ2) is 9.42. The van der Waals surface area contributed by atoms with Gasteiger partial charge in [-0.3, -0.25) is 4.79 Å².